The molecule has 0 aromatic rings. The number of hydrogen-bond acceptors (Lipinski definition) is 3. The van der Waals surface area contributed by atoms with E-state index in [4.69, 9.17) is 4.74 Å². The molecule has 0 aromatic carbocycles. The quantitative estimate of drug-likeness (QED) is 0.537. The molecule has 1 atom stereocenters. The van der Waals surface area contributed by atoms with Crippen LogP contribution in [0.25, 0.3) is 0 Å². The summed E-state index contributed by atoms with van der Waals surface area (Å²) < 4.78 is 4.85. The van der Waals surface area contributed by atoms with Crippen molar-refractivity contribution in [3.8, 4) is 0 Å². The van der Waals surface area contributed by atoms with E-state index in [1.54, 1.807) is 19.1 Å². The van der Waals surface area contributed by atoms with Gasteiger partial charge >= 0.3 is 0 Å². The molecule has 1 saturated heterocycles. The van der Waals surface area contributed by atoms with Gasteiger partial charge in [-0.15, -0.1) is 0 Å². The van der Waals surface area contributed by atoms with Gasteiger partial charge in [-0.2, -0.15) is 0 Å². The van der Waals surface area contributed by atoms with Crippen LogP contribution in [0, 0.1) is 0 Å². The maximum atomic E-state index is 11.1. The molecule has 1 N–H and O–H groups in total. The van der Waals surface area contributed by atoms with Crippen LogP contribution >= 0.6 is 0 Å². The maximum absolute atomic E-state index is 11.1. The highest BCUT2D eigenvalue weighted by Crippen LogP contribution is 2.08. The van der Waals surface area contributed by atoms with Crippen LogP contribution in [0.3, 0.4) is 0 Å². The standard InChI is InChI=1S/C7H14N2O2/c1-8-6-5-9(7(6)10)3-4-11-2/h6,8H,3-5H2,1-2H3/t6-/m0/s1. The lowest BCUT2D eigenvalue weighted by molar-refractivity contribution is -0.144. The number of likely N-dealkylation sites (tertiary alicyclic amines) is 1. The molecule has 1 aliphatic rings. The second-order valence-corrected chi connectivity index (χ2v) is 2.62. The lowest BCUT2D eigenvalue weighted by atomic mass is 10.1. The van der Waals surface area contributed by atoms with Gasteiger partial charge in [0.25, 0.3) is 0 Å². The van der Waals surface area contributed by atoms with Crippen molar-refractivity contribution in [2.75, 3.05) is 33.9 Å². The number of likely N-dealkylation sites (N-methyl/N-ethyl adjacent to an activating group) is 1. The topological polar surface area (TPSA) is 41.6 Å². The number of amides is 1. The van der Waals surface area contributed by atoms with E-state index in [0.29, 0.717) is 13.2 Å². The van der Waals surface area contributed by atoms with Crippen molar-refractivity contribution in [2.24, 2.45) is 0 Å². The van der Waals surface area contributed by atoms with Crippen LogP contribution in [0.2, 0.25) is 0 Å². The van der Waals surface area contributed by atoms with E-state index in [-0.39, 0.29) is 11.9 Å². The average molecular weight is 158 g/mol. The molecular formula is C7H14N2O2. The molecule has 0 aromatic heterocycles. The van der Waals surface area contributed by atoms with Crippen LogP contribution in [0.15, 0.2) is 0 Å². The van der Waals surface area contributed by atoms with Crippen LogP contribution in [-0.4, -0.2) is 50.7 Å². The maximum Gasteiger partial charge on any atom is 0.241 e. The van der Waals surface area contributed by atoms with E-state index in [0.717, 1.165) is 6.54 Å². The summed E-state index contributed by atoms with van der Waals surface area (Å²) in [6.07, 6.45) is 0. The van der Waals surface area contributed by atoms with Crippen LogP contribution in [0.1, 0.15) is 0 Å². The smallest absolute Gasteiger partial charge is 0.241 e. The van der Waals surface area contributed by atoms with Crippen molar-refractivity contribution >= 4 is 5.91 Å². The van der Waals surface area contributed by atoms with Crippen molar-refractivity contribution in [2.45, 2.75) is 6.04 Å². The molecule has 11 heavy (non-hydrogen) atoms. The lowest BCUT2D eigenvalue weighted by Gasteiger charge is -2.37. The van der Waals surface area contributed by atoms with Crippen LogP contribution < -0.4 is 5.32 Å². The number of rotatable bonds is 4. The Morgan fingerprint density at radius 1 is 1.82 bits per heavy atom. The van der Waals surface area contributed by atoms with Crippen LogP contribution in [0.5, 0.6) is 0 Å². The van der Waals surface area contributed by atoms with Gasteiger partial charge in [0.1, 0.15) is 6.04 Å². The fourth-order valence-corrected chi connectivity index (χ4v) is 1.11. The first-order chi connectivity index (χ1) is 5.29. The molecule has 0 saturated carbocycles. The Balaban J connectivity index is 2.17. The van der Waals surface area contributed by atoms with E-state index in [1.165, 1.54) is 0 Å². The summed E-state index contributed by atoms with van der Waals surface area (Å²) in [6, 6.07) is 0.0480. The molecule has 1 aliphatic heterocycles. The van der Waals surface area contributed by atoms with E-state index in [2.05, 4.69) is 5.32 Å². The molecule has 0 unspecified atom stereocenters. The van der Waals surface area contributed by atoms with Gasteiger partial charge in [-0.3, -0.25) is 4.79 Å². The fourth-order valence-electron chi connectivity index (χ4n) is 1.11. The predicted molar refractivity (Wildman–Crippen MR) is 41.3 cm³/mol. The highest BCUT2D eigenvalue weighted by atomic mass is 16.5. The normalized spacial score (nSPS) is 23.6. The van der Waals surface area contributed by atoms with Gasteiger partial charge in [-0.1, -0.05) is 0 Å². The SMILES string of the molecule is CN[C@H]1CN(CCOC)C1=O. The lowest BCUT2D eigenvalue weighted by Crippen LogP contribution is -2.62. The van der Waals surface area contributed by atoms with E-state index >= 15 is 0 Å². The zero-order valence-electron chi connectivity index (χ0n) is 6.96. The van der Waals surface area contributed by atoms with Gasteiger partial charge in [-0.25, -0.2) is 0 Å². The van der Waals surface area contributed by atoms with Crippen molar-refractivity contribution in [3.63, 3.8) is 0 Å². The van der Waals surface area contributed by atoms with Crippen molar-refractivity contribution in [3.05, 3.63) is 0 Å². The van der Waals surface area contributed by atoms with E-state index < -0.39 is 0 Å². The molecule has 0 bridgehead atoms. The first-order valence-electron chi connectivity index (χ1n) is 3.74. The van der Waals surface area contributed by atoms with Gasteiger partial charge in [0.15, 0.2) is 0 Å². The highest BCUT2D eigenvalue weighted by Gasteiger charge is 2.34. The third-order valence-electron chi connectivity index (χ3n) is 1.93. The minimum absolute atomic E-state index is 0.0480. The Hall–Kier alpha value is -0.610. The molecule has 64 valence electrons. The zero-order chi connectivity index (χ0) is 8.27. The molecular weight excluding hydrogens is 144 g/mol. The Morgan fingerprint density at radius 3 is 3.00 bits per heavy atom. The number of carbonyl (C=O) groups excluding carboxylic acids is 1. The number of methoxy groups -OCH3 is 1. The molecule has 0 radical (unpaired) electrons. The minimum Gasteiger partial charge on any atom is -0.383 e. The van der Waals surface area contributed by atoms with Gasteiger partial charge in [0, 0.05) is 20.2 Å². The zero-order valence-corrected chi connectivity index (χ0v) is 6.96. The predicted octanol–water partition coefficient (Wildman–Crippen LogP) is -0.937. The first kappa shape index (κ1) is 8.49. The second kappa shape index (κ2) is 3.69. The van der Waals surface area contributed by atoms with Gasteiger partial charge < -0.3 is 15.0 Å². The number of nitrogens with one attached hydrogen (secondary N) is 1. The summed E-state index contributed by atoms with van der Waals surface area (Å²) in [5.41, 5.74) is 0. The van der Waals surface area contributed by atoms with Gasteiger partial charge in [0.05, 0.1) is 6.61 Å². The molecule has 1 rings (SSSR count). The number of ether oxygens (including phenoxy) is 1. The largest absolute Gasteiger partial charge is 0.383 e. The number of hydrogen-bond donors (Lipinski definition) is 1. The summed E-state index contributed by atoms with van der Waals surface area (Å²) in [5.74, 6) is 0.185. The summed E-state index contributed by atoms with van der Waals surface area (Å²) in [5, 5.41) is 2.93. The molecule has 4 nitrogen and oxygen atoms in total. The van der Waals surface area contributed by atoms with E-state index in [1.807, 2.05) is 0 Å². The van der Waals surface area contributed by atoms with Crippen LogP contribution in [0.4, 0.5) is 0 Å². The van der Waals surface area contributed by atoms with Gasteiger partial charge in [0.2, 0.25) is 5.91 Å². The summed E-state index contributed by atoms with van der Waals surface area (Å²) in [7, 11) is 3.44. The van der Waals surface area contributed by atoms with Crippen molar-refractivity contribution in [1.29, 1.82) is 0 Å². The Labute approximate surface area is 66.5 Å². The third-order valence-corrected chi connectivity index (χ3v) is 1.93. The molecule has 1 fully saturated rings. The Morgan fingerprint density at radius 2 is 2.55 bits per heavy atom. The highest BCUT2D eigenvalue weighted by molar-refractivity contribution is 5.87. The monoisotopic (exact) mass is 158 g/mol. The van der Waals surface area contributed by atoms with Crippen molar-refractivity contribution in [1.82, 2.24) is 10.2 Å². The number of nitrogens with zero attached hydrogens (tertiary/aromatic N) is 1. The Kier molecular flexibility index (Phi) is 2.84. The molecule has 4 heteroatoms. The Bertz CT molecular complexity index is 147. The second-order valence-electron chi connectivity index (χ2n) is 2.62. The fraction of sp³-hybridized carbons (Fsp3) is 0.857. The summed E-state index contributed by atoms with van der Waals surface area (Å²) in [6.45, 7) is 2.16. The molecule has 0 aliphatic carbocycles. The third kappa shape index (κ3) is 1.70. The van der Waals surface area contributed by atoms with Crippen molar-refractivity contribution < 1.29 is 9.53 Å². The number of carbonyl (C=O) groups is 1. The average Bonchev–Trinajstić information content (AvgIpc) is 2.03. The van der Waals surface area contributed by atoms with E-state index in [9.17, 15) is 4.79 Å². The first-order valence-corrected chi connectivity index (χ1v) is 3.74. The molecule has 0 spiro atoms. The summed E-state index contributed by atoms with van der Waals surface area (Å²) >= 11 is 0. The molecule has 1 amide bonds. The number of β-lactam (4-membered cyclic amide) rings is 1. The minimum atomic E-state index is 0.0480. The summed E-state index contributed by atoms with van der Waals surface area (Å²) in [4.78, 5) is 12.9. The van der Waals surface area contributed by atoms with Crippen LogP contribution in [-0.2, 0) is 9.53 Å². The van der Waals surface area contributed by atoms with Gasteiger partial charge in [-0.05, 0) is 7.05 Å². The molecule has 1 heterocycles.